The first kappa shape index (κ1) is 11.8. The molecule has 0 aliphatic rings. The van der Waals surface area contributed by atoms with Crippen LogP contribution in [-0.4, -0.2) is 31.6 Å². The maximum Gasteiger partial charge on any atom is 0.127 e. The molecule has 1 aromatic carbocycles. The highest BCUT2D eigenvalue weighted by atomic mass is 19.1. The van der Waals surface area contributed by atoms with Gasteiger partial charge in [0.2, 0.25) is 0 Å². The Hall–Kier alpha value is -1.29. The average molecular weight is 211 g/mol. The molecule has 1 rings (SSSR count). The van der Waals surface area contributed by atoms with Gasteiger partial charge in [0.1, 0.15) is 5.82 Å². The van der Waals surface area contributed by atoms with E-state index in [2.05, 4.69) is 17.1 Å². The van der Waals surface area contributed by atoms with Gasteiger partial charge < -0.3 is 16.0 Å². The van der Waals surface area contributed by atoms with E-state index in [1.54, 1.807) is 6.07 Å². The molecule has 15 heavy (non-hydrogen) atoms. The predicted molar refractivity (Wildman–Crippen MR) is 62.5 cm³/mol. The molecular weight excluding hydrogens is 193 g/mol. The zero-order chi connectivity index (χ0) is 11.3. The van der Waals surface area contributed by atoms with Gasteiger partial charge in [0, 0.05) is 24.5 Å². The van der Waals surface area contributed by atoms with Crippen LogP contribution in [0.2, 0.25) is 0 Å². The first-order valence-corrected chi connectivity index (χ1v) is 5.10. The van der Waals surface area contributed by atoms with Crippen molar-refractivity contribution in [2.45, 2.75) is 6.92 Å². The summed E-state index contributed by atoms with van der Waals surface area (Å²) in [4.78, 5) is 2.18. The van der Waals surface area contributed by atoms with E-state index < -0.39 is 0 Å². The molecule has 0 saturated carbocycles. The lowest BCUT2D eigenvalue weighted by atomic mass is 10.2. The molecule has 0 aliphatic heterocycles. The quantitative estimate of drug-likeness (QED) is 0.729. The first-order chi connectivity index (χ1) is 7.11. The normalized spacial score (nSPS) is 10.7. The van der Waals surface area contributed by atoms with Crippen LogP contribution in [0.25, 0.3) is 0 Å². The molecule has 0 fully saturated rings. The summed E-state index contributed by atoms with van der Waals surface area (Å²) in [6.07, 6.45) is 0. The third kappa shape index (κ3) is 4.16. The minimum Gasteiger partial charge on any atom is -0.399 e. The molecule has 0 radical (unpaired) electrons. The van der Waals surface area contributed by atoms with E-state index in [4.69, 9.17) is 5.73 Å². The fourth-order valence-electron chi connectivity index (χ4n) is 1.26. The van der Waals surface area contributed by atoms with Gasteiger partial charge in [-0.25, -0.2) is 4.39 Å². The Morgan fingerprint density at radius 1 is 1.40 bits per heavy atom. The molecule has 1 aromatic rings. The Bertz CT molecular complexity index is 294. The van der Waals surface area contributed by atoms with Gasteiger partial charge in [0.25, 0.3) is 0 Å². The Labute approximate surface area is 90.1 Å². The Morgan fingerprint density at radius 3 is 2.73 bits per heavy atom. The van der Waals surface area contributed by atoms with Crippen molar-refractivity contribution in [3.05, 3.63) is 24.0 Å². The number of hydrogen-bond donors (Lipinski definition) is 2. The van der Waals surface area contributed by atoms with Crippen molar-refractivity contribution in [3.8, 4) is 0 Å². The molecule has 0 aliphatic carbocycles. The van der Waals surface area contributed by atoms with E-state index >= 15 is 0 Å². The Morgan fingerprint density at radius 2 is 2.13 bits per heavy atom. The summed E-state index contributed by atoms with van der Waals surface area (Å²) in [5.41, 5.74) is 6.71. The molecular formula is C11H18FN3. The smallest absolute Gasteiger partial charge is 0.127 e. The molecule has 0 unspecified atom stereocenters. The van der Waals surface area contributed by atoms with Gasteiger partial charge in [-0.2, -0.15) is 0 Å². The lowest BCUT2D eigenvalue weighted by molar-refractivity contribution is 0.367. The number of likely N-dealkylation sites (N-methyl/N-ethyl adjacent to an activating group) is 1. The molecule has 3 N–H and O–H groups in total. The fraction of sp³-hybridized carbons (Fsp3) is 0.455. The number of nitrogens with one attached hydrogen (secondary N) is 1. The summed E-state index contributed by atoms with van der Waals surface area (Å²) < 4.78 is 12.9. The number of rotatable bonds is 5. The number of nitrogens with zero attached hydrogens (tertiary/aromatic N) is 1. The zero-order valence-corrected chi connectivity index (χ0v) is 9.26. The first-order valence-electron chi connectivity index (χ1n) is 5.10. The monoisotopic (exact) mass is 211 g/mol. The molecule has 3 nitrogen and oxygen atoms in total. The van der Waals surface area contributed by atoms with Crippen molar-refractivity contribution >= 4 is 11.4 Å². The summed E-state index contributed by atoms with van der Waals surface area (Å²) >= 11 is 0. The SMILES string of the molecule is CCN(C)CCNc1cc(N)cc(F)c1. The lowest BCUT2D eigenvalue weighted by Gasteiger charge is -2.14. The van der Waals surface area contributed by atoms with E-state index in [0.717, 1.165) is 25.3 Å². The van der Waals surface area contributed by atoms with E-state index in [9.17, 15) is 4.39 Å². The lowest BCUT2D eigenvalue weighted by Crippen LogP contribution is -2.24. The Kier molecular flexibility index (Phi) is 4.37. The molecule has 0 aromatic heterocycles. The van der Waals surface area contributed by atoms with Gasteiger partial charge in [-0.15, -0.1) is 0 Å². The van der Waals surface area contributed by atoms with E-state index in [1.807, 2.05) is 7.05 Å². The molecule has 4 heteroatoms. The van der Waals surface area contributed by atoms with Gasteiger partial charge in [-0.1, -0.05) is 6.92 Å². The van der Waals surface area contributed by atoms with Crippen molar-refractivity contribution in [1.82, 2.24) is 4.90 Å². The molecule has 84 valence electrons. The molecule has 0 amide bonds. The van der Waals surface area contributed by atoms with Gasteiger partial charge in [-0.3, -0.25) is 0 Å². The average Bonchev–Trinajstić information content (AvgIpc) is 2.16. The molecule has 0 saturated heterocycles. The summed E-state index contributed by atoms with van der Waals surface area (Å²) in [5, 5.41) is 3.13. The number of nitrogen functional groups attached to an aromatic ring is 1. The van der Waals surface area contributed by atoms with Crippen LogP contribution in [0.15, 0.2) is 18.2 Å². The van der Waals surface area contributed by atoms with Gasteiger partial charge in [0.05, 0.1) is 0 Å². The van der Waals surface area contributed by atoms with E-state index in [0.29, 0.717) is 5.69 Å². The van der Waals surface area contributed by atoms with Crippen LogP contribution in [-0.2, 0) is 0 Å². The van der Waals surface area contributed by atoms with Gasteiger partial charge in [0.15, 0.2) is 0 Å². The maximum atomic E-state index is 12.9. The van der Waals surface area contributed by atoms with Crippen molar-refractivity contribution in [3.63, 3.8) is 0 Å². The van der Waals surface area contributed by atoms with Crippen molar-refractivity contribution in [1.29, 1.82) is 0 Å². The molecule has 0 spiro atoms. The van der Waals surface area contributed by atoms with Crippen LogP contribution in [0.4, 0.5) is 15.8 Å². The molecule has 0 heterocycles. The number of anilines is 2. The van der Waals surface area contributed by atoms with Crippen LogP contribution in [0.3, 0.4) is 0 Å². The zero-order valence-electron chi connectivity index (χ0n) is 9.26. The second-order valence-corrected chi connectivity index (χ2v) is 3.60. The third-order valence-corrected chi connectivity index (χ3v) is 2.28. The maximum absolute atomic E-state index is 12.9. The number of halogens is 1. The standard InChI is InChI=1S/C11H18FN3/c1-3-15(2)5-4-14-11-7-9(12)6-10(13)8-11/h6-8,14H,3-5,13H2,1-2H3. The second kappa shape index (κ2) is 5.56. The second-order valence-electron chi connectivity index (χ2n) is 3.60. The number of nitrogens with two attached hydrogens (primary N) is 1. The van der Waals surface area contributed by atoms with E-state index in [1.165, 1.54) is 12.1 Å². The minimum absolute atomic E-state index is 0.304. The number of benzene rings is 1. The highest BCUT2D eigenvalue weighted by Gasteiger charge is 1.98. The minimum atomic E-state index is -0.304. The fourth-order valence-corrected chi connectivity index (χ4v) is 1.26. The largest absolute Gasteiger partial charge is 0.399 e. The van der Waals surface area contributed by atoms with Crippen LogP contribution in [0.1, 0.15) is 6.92 Å². The van der Waals surface area contributed by atoms with Crippen LogP contribution in [0.5, 0.6) is 0 Å². The highest BCUT2D eigenvalue weighted by Crippen LogP contribution is 2.14. The van der Waals surface area contributed by atoms with Crippen LogP contribution >= 0.6 is 0 Å². The molecule has 0 atom stereocenters. The van der Waals surface area contributed by atoms with Gasteiger partial charge in [-0.05, 0) is 31.8 Å². The Balaban J connectivity index is 2.43. The number of hydrogen-bond acceptors (Lipinski definition) is 3. The summed E-state index contributed by atoms with van der Waals surface area (Å²) in [6.45, 7) is 4.81. The third-order valence-electron chi connectivity index (χ3n) is 2.28. The summed E-state index contributed by atoms with van der Waals surface area (Å²) in [5.74, 6) is -0.304. The topological polar surface area (TPSA) is 41.3 Å². The summed E-state index contributed by atoms with van der Waals surface area (Å²) in [6, 6.07) is 4.49. The van der Waals surface area contributed by atoms with Crippen molar-refractivity contribution in [2.75, 3.05) is 37.7 Å². The van der Waals surface area contributed by atoms with Crippen molar-refractivity contribution in [2.24, 2.45) is 0 Å². The van der Waals surface area contributed by atoms with Crippen molar-refractivity contribution < 1.29 is 4.39 Å². The van der Waals surface area contributed by atoms with E-state index in [-0.39, 0.29) is 5.82 Å². The summed E-state index contributed by atoms with van der Waals surface area (Å²) in [7, 11) is 2.04. The highest BCUT2D eigenvalue weighted by molar-refractivity contribution is 5.54. The molecule has 0 bridgehead atoms. The van der Waals surface area contributed by atoms with Crippen LogP contribution < -0.4 is 11.1 Å². The van der Waals surface area contributed by atoms with Crippen LogP contribution in [0, 0.1) is 5.82 Å². The van der Waals surface area contributed by atoms with Gasteiger partial charge >= 0.3 is 0 Å². The predicted octanol–water partition coefficient (Wildman–Crippen LogP) is 1.77.